The molecule has 0 radical (unpaired) electrons. The summed E-state index contributed by atoms with van der Waals surface area (Å²) in [5, 5.41) is 8.36. The van der Waals surface area contributed by atoms with Crippen molar-refractivity contribution in [1.82, 2.24) is 14.8 Å². The van der Waals surface area contributed by atoms with Gasteiger partial charge in [0.05, 0.1) is 0 Å². The van der Waals surface area contributed by atoms with Crippen LogP contribution in [0.1, 0.15) is 0 Å². The van der Waals surface area contributed by atoms with E-state index in [1.165, 1.54) is 0 Å². The van der Waals surface area contributed by atoms with E-state index >= 15 is 0 Å². The fraction of sp³-hybridized carbons (Fsp3) is 0.111. The molecule has 0 unspecified atom stereocenters. The van der Waals surface area contributed by atoms with Gasteiger partial charge in [-0.25, -0.2) is 0 Å². The summed E-state index contributed by atoms with van der Waals surface area (Å²) in [6.07, 6.45) is 0. The average Bonchev–Trinajstić information content (AvgIpc) is 2.49. The molecule has 5 heteroatoms. The Morgan fingerprint density at radius 1 is 1.29 bits per heavy atom. The van der Waals surface area contributed by atoms with Gasteiger partial charge in [0.25, 0.3) is 0 Å². The number of hydrogen-bond acceptors (Lipinski definition) is 3. The Balaban J connectivity index is 2.60. The van der Waals surface area contributed by atoms with E-state index in [2.05, 4.69) is 26.1 Å². The number of rotatable bonds is 1. The molecule has 1 aromatic carbocycles. The normalized spacial score (nSPS) is 10.4. The molecule has 72 valence electrons. The van der Waals surface area contributed by atoms with Crippen LogP contribution in [-0.4, -0.2) is 14.8 Å². The van der Waals surface area contributed by atoms with E-state index in [0.29, 0.717) is 5.16 Å². The smallest absolute Gasteiger partial charge is 0.163 e. The van der Waals surface area contributed by atoms with Crippen molar-refractivity contribution in [3.8, 4) is 11.4 Å². The van der Waals surface area contributed by atoms with Crippen LogP contribution in [0.25, 0.3) is 11.4 Å². The number of halogens is 1. The summed E-state index contributed by atoms with van der Waals surface area (Å²) in [7, 11) is 1.86. The van der Waals surface area contributed by atoms with Crippen LogP contribution in [0, 0.1) is 0 Å². The maximum absolute atomic E-state index is 4.99. The predicted molar refractivity (Wildman–Crippen MR) is 59.8 cm³/mol. The predicted octanol–water partition coefficient (Wildman–Crippen LogP) is 2.15. The molecule has 14 heavy (non-hydrogen) atoms. The van der Waals surface area contributed by atoms with Crippen LogP contribution in [-0.2, 0) is 19.7 Å². The van der Waals surface area contributed by atoms with E-state index in [-0.39, 0.29) is 0 Å². The molecule has 0 aliphatic heterocycles. The van der Waals surface area contributed by atoms with Gasteiger partial charge in [0.15, 0.2) is 5.82 Å². The molecule has 0 amide bonds. The summed E-state index contributed by atoms with van der Waals surface area (Å²) in [6.45, 7) is 0. The maximum Gasteiger partial charge on any atom is 0.163 e. The van der Waals surface area contributed by atoms with Crippen molar-refractivity contribution in [2.75, 3.05) is 0 Å². The molecular weight excluding hydrogens is 262 g/mol. The summed E-state index contributed by atoms with van der Waals surface area (Å²) >= 11 is 8.45. The average molecular weight is 269 g/mol. The highest BCUT2D eigenvalue weighted by Gasteiger charge is 2.07. The second kappa shape index (κ2) is 3.67. The van der Waals surface area contributed by atoms with Crippen LogP contribution in [0.5, 0.6) is 0 Å². The fourth-order valence-electron chi connectivity index (χ4n) is 1.19. The topological polar surface area (TPSA) is 30.7 Å². The van der Waals surface area contributed by atoms with Gasteiger partial charge in [-0.05, 0) is 6.07 Å². The molecule has 0 aliphatic rings. The fourth-order valence-corrected chi connectivity index (χ4v) is 1.78. The molecule has 2 aromatic rings. The van der Waals surface area contributed by atoms with E-state index in [4.69, 9.17) is 12.6 Å². The molecule has 0 atom stereocenters. The van der Waals surface area contributed by atoms with Gasteiger partial charge < -0.3 is 17.2 Å². The lowest BCUT2D eigenvalue weighted by molar-refractivity contribution is 0.797. The highest BCUT2D eigenvalue weighted by Crippen LogP contribution is 2.26. The lowest BCUT2D eigenvalue weighted by Crippen LogP contribution is -1.94. The number of aromatic nitrogens is 3. The zero-order valence-corrected chi connectivity index (χ0v) is 9.84. The minimum atomic E-state index is 0.496. The highest BCUT2D eigenvalue weighted by molar-refractivity contribution is 9.10. The van der Waals surface area contributed by atoms with E-state index in [1.807, 2.05) is 31.3 Å². The quantitative estimate of drug-likeness (QED) is 0.743. The standard InChI is InChI=1S/C9H8BrN3S/c1-13-8(11-12-9(13)14)6-4-2-3-5-7(6)10/h2-5H,1H3,(H,12,14)/p-1. The lowest BCUT2D eigenvalue weighted by Gasteiger charge is -2.07. The second-order valence-electron chi connectivity index (χ2n) is 2.85. The first-order chi connectivity index (χ1) is 6.70. The first-order valence-corrected chi connectivity index (χ1v) is 5.21. The van der Waals surface area contributed by atoms with Gasteiger partial charge in [-0.15, -0.1) is 5.10 Å². The van der Waals surface area contributed by atoms with Crippen molar-refractivity contribution in [1.29, 1.82) is 0 Å². The highest BCUT2D eigenvalue weighted by atomic mass is 79.9. The number of hydrogen-bond donors (Lipinski definition) is 0. The van der Waals surface area contributed by atoms with Gasteiger partial charge in [0.2, 0.25) is 0 Å². The van der Waals surface area contributed by atoms with E-state index in [9.17, 15) is 0 Å². The van der Waals surface area contributed by atoms with Crippen LogP contribution in [0.3, 0.4) is 0 Å². The molecule has 0 saturated heterocycles. The zero-order valence-electron chi connectivity index (χ0n) is 7.44. The van der Waals surface area contributed by atoms with Gasteiger partial charge in [-0.3, -0.25) is 0 Å². The van der Waals surface area contributed by atoms with Gasteiger partial charge in [0, 0.05) is 22.2 Å². The Morgan fingerprint density at radius 2 is 2.00 bits per heavy atom. The Morgan fingerprint density at radius 3 is 2.57 bits per heavy atom. The Kier molecular flexibility index (Phi) is 2.52. The summed E-state index contributed by atoms with van der Waals surface area (Å²) in [4.78, 5) is 0. The van der Waals surface area contributed by atoms with Gasteiger partial charge in [0.1, 0.15) is 0 Å². The van der Waals surface area contributed by atoms with E-state index in [0.717, 1.165) is 15.9 Å². The third-order valence-corrected chi connectivity index (χ3v) is 3.00. The first kappa shape index (κ1) is 9.61. The van der Waals surface area contributed by atoms with Crippen molar-refractivity contribution < 1.29 is 0 Å². The largest absolute Gasteiger partial charge is 0.740 e. The molecule has 0 spiro atoms. The van der Waals surface area contributed by atoms with Crippen LogP contribution in [0.4, 0.5) is 0 Å². The SMILES string of the molecule is Cn1c([S-])nnc1-c1ccccc1Br. The zero-order chi connectivity index (χ0) is 10.1. The Hall–Kier alpha value is -0.940. The summed E-state index contributed by atoms with van der Waals surface area (Å²) < 4.78 is 2.78. The molecule has 0 fully saturated rings. The molecule has 0 N–H and O–H groups in total. The summed E-state index contributed by atoms with van der Waals surface area (Å²) in [6, 6.07) is 7.85. The van der Waals surface area contributed by atoms with Gasteiger partial charge in [-0.1, -0.05) is 34.1 Å². The van der Waals surface area contributed by atoms with Gasteiger partial charge in [-0.2, -0.15) is 5.10 Å². The number of nitrogens with zero attached hydrogens (tertiary/aromatic N) is 3. The number of benzene rings is 1. The van der Waals surface area contributed by atoms with Crippen molar-refractivity contribution >= 4 is 28.6 Å². The minimum absolute atomic E-state index is 0.496. The Bertz CT molecular complexity index is 467. The van der Waals surface area contributed by atoms with E-state index < -0.39 is 0 Å². The van der Waals surface area contributed by atoms with Crippen LogP contribution in [0.2, 0.25) is 0 Å². The first-order valence-electron chi connectivity index (χ1n) is 4.01. The lowest BCUT2D eigenvalue weighted by atomic mass is 10.2. The molecule has 2 rings (SSSR count). The van der Waals surface area contributed by atoms with Crippen molar-refractivity contribution in [2.24, 2.45) is 7.05 Å². The molecular formula is C9H7BrN3S-. The third-order valence-electron chi connectivity index (χ3n) is 1.95. The molecule has 0 aliphatic carbocycles. The van der Waals surface area contributed by atoms with Gasteiger partial charge >= 0.3 is 0 Å². The third kappa shape index (κ3) is 1.53. The second-order valence-corrected chi connectivity index (χ2v) is 4.06. The monoisotopic (exact) mass is 268 g/mol. The van der Waals surface area contributed by atoms with Crippen molar-refractivity contribution in [2.45, 2.75) is 5.16 Å². The van der Waals surface area contributed by atoms with Crippen LogP contribution < -0.4 is 0 Å². The summed E-state index contributed by atoms with van der Waals surface area (Å²) in [5.74, 6) is 0.780. The molecule has 0 saturated carbocycles. The molecule has 3 nitrogen and oxygen atoms in total. The maximum atomic E-state index is 4.99. The summed E-state index contributed by atoms with van der Waals surface area (Å²) in [5.41, 5.74) is 0.999. The van der Waals surface area contributed by atoms with Crippen molar-refractivity contribution in [3.05, 3.63) is 28.7 Å². The van der Waals surface area contributed by atoms with Crippen LogP contribution >= 0.6 is 15.9 Å². The molecule has 1 aromatic heterocycles. The van der Waals surface area contributed by atoms with Crippen LogP contribution in [0.15, 0.2) is 33.9 Å². The molecule has 1 heterocycles. The minimum Gasteiger partial charge on any atom is -0.740 e. The van der Waals surface area contributed by atoms with E-state index in [1.54, 1.807) is 4.57 Å². The Labute approximate surface area is 95.7 Å². The molecule has 0 bridgehead atoms. The van der Waals surface area contributed by atoms with Crippen molar-refractivity contribution in [3.63, 3.8) is 0 Å².